The molecule has 1 heterocycles. The second kappa shape index (κ2) is 6.47. The maximum Gasteiger partial charge on any atom is 0.417 e. The van der Waals surface area contributed by atoms with Gasteiger partial charge in [0.05, 0.1) is 5.56 Å². The number of hydrogen-bond acceptors (Lipinski definition) is 4. The van der Waals surface area contributed by atoms with Crippen LogP contribution in [0.2, 0.25) is 0 Å². The number of pyridine rings is 1. The van der Waals surface area contributed by atoms with E-state index in [1.807, 2.05) is 0 Å². The summed E-state index contributed by atoms with van der Waals surface area (Å²) in [5, 5.41) is 8.54. The Kier molecular flexibility index (Phi) is 4.63. The Hall–Kier alpha value is -2.90. The fourth-order valence-electron chi connectivity index (χ4n) is 1.68. The summed E-state index contributed by atoms with van der Waals surface area (Å²) in [6.07, 6.45) is -4.45. The molecule has 0 fully saturated rings. The summed E-state index contributed by atoms with van der Waals surface area (Å²) in [5.74, 6) is -1.58. The van der Waals surface area contributed by atoms with Crippen LogP contribution in [0.4, 0.5) is 13.2 Å². The summed E-state index contributed by atoms with van der Waals surface area (Å²) in [4.78, 5) is 25.5. The van der Waals surface area contributed by atoms with Crippen molar-refractivity contribution >= 4 is 11.8 Å². The molecule has 0 aliphatic carbocycles. The molecule has 1 N–H and O–H groups in total. The standard InChI is InChI=1S/C15H10F3NO4/c16-15(17,18)10-3-6-13(19-8-10)23-11-4-1-9(2-5-11)12(20)7-14(21)22/h1-6,8H,7H2,(H,21,22). The summed E-state index contributed by atoms with van der Waals surface area (Å²) < 4.78 is 42.5. The molecule has 2 aromatic rings. The largest absolute Gasteiger partial charge is 0.481 e. The summed E-state index contributed by atoms with van der Waals surface area (Å²) in [5.41, 5.74) is -0.695. The molecule has 5 nitrogen and oxygen atoms in total. The molecular formula is C15H10F3NO4. The lowest BCUT2D eigenvalue weighted by molar-refractivity contribution is -0.138. The van der Waals surface area contributed by atoms with E-state index in [9.17, 15) is 22.8 Å². The van der Waals surface area contributed by atoms with E-state index in [-0.39, 0.29) is 17.2 Å². The van der Waals surface area contributed by atoms with Crippen LogP contribution in [0, 0.1) is 0 Å². The molecule has 1 aromatic carbocycles. The van der Waals surface area contributed by atoms with E-state index in [1.54, 1.807) is 0 Å². The Morgan fingerprint density at radius 1 is 1.09 bits per heavy atom. The fraction of sp³-hybridized carbons (Fsp3) is 0.133. The zero-order chi connectivity index (χ0) is 17.0. The van der Waals surface area contributed by atoms with Gasteiger partial charge in [0.25, 0.3) is 0 Å². The van der Waals surface area contributed by atoms with Crippen LogP contribution in [0.25, 0.3) is 0 Å². The molecule has 0 saturated carbocycles. The van der Waals surface area contributed by atoms with Crippen LogP contribution in [0.3, 0.4) is 0 Å². The van der Waals surface area contributed by atoms with Gasteiger partial charge in [0.2, 0.25) is 5.88 Å². The van der Waals surface area contributed by atoms with Gasteiger partial charge < -0.3 is 9.84 Å². The minimum atomic E-state index is -4.47. The normalized spacial score (nSPS) is 11.1. The first-order chi connectivity index (χ1) is 10.8. The fourth-order valence-corrected chi connectivity index (χ4v) is 1.68. The molecule has 0 bridgehead atoms. The molecule has 0 saturated heterocycles. The molecule has 0 aliphatic rings. The van der Waals surface area contributed by atoms with Gasteiger partial charge in [0, 0.05) is 17.8 Å². The molecule has 2 rings (SSSR count). The van der Waals surface area contributed by atoms with E-state index < -0.39 is 29.9 Å². The summed E-state index contributed by atoms with van der Waals surface area (Å²) in [6, 6.07) is 7.44. The van der Waals surface area contributed by atoms with Crippen LogP contribution in [0.5, 0.6) is 11.6 Å². The SMILES string of the molecule is O=C(O)CC(=O)c1ccc(Oc2ccc(C(F)(F)F)cn2)cc1. The Morgan fingerprint density at radius 2 is 1.74 bits per heavy atom. The van der Waals surface area contributed by atoms with Gasteiger partial charge in [-0.3, -0.25) is 9.59 Å². The van der Waals surface area contributed by atoms with E-state index >= 15 is 0 Å². The minimum Gasteiger partial charge on any atom is -0.481 e. The van der Waals surface area contributed by atoms with Gasteiger partial charge in [-0.2, -0.15) is 13.2 Å². The predicted octanol–water partition coefficient (Wildman–Crippen LogP) is 3.55. The van der Waals surface area contributed by atoms with Gasteiger partial charge in [-0.1, -0.05) is 0 Å². The number of benzene rings is 1. The molecule has 0 radical (unpaired) electrons. The van der Waals surface area contributed by atoms with E-state index in [0.717, 1.165) is 12.1 Å². The Balaban J connectivity index is 2.06. The average Bonchev–Trinajstić information content (AvgIpc) is 2.47. The number of carboxylic acid groups (broad SMARTS) is 1. The second-order valence-electron chi connectivity index (χ2n) is 4.50. The number of ether oxygens (including phenoxy) is 1. The summed E-state index contributed by atoms with van der Waals surface area (Å²) in [6.45, 7) is 0. The second-order valence-corrected chi connectivity index (χ2v) is 4.50. The summed E-state index contributed by atoms with van der Waals surface area (Å²) >= 11 is 0. The van der Waals surface area contributed by atoms with E-state index in [0.29, 0.717) is 6.20 Å². The van der Waals surface area contributed by atoms with Crippen LogP contribution < -0.4 is 4.74 Å². The third-order valence-electron chi connectivity index (χ3n) is 2.77. The number of nitrogens with zero attached hydrogens (tertiary/aromatic N) is 1. The molecule has 0 atom stereocenters. The third kappa shape index (κ3) is 4.53. The smallest absolute Gasteiger partial charge is 0.417 e. The first kappa shape index (κ1) is 16.5. The van der Waals surface area contributed by atoms with Crippen molar-refractivity contribution in [1.82, 2.24) is 4.98 Å². The Morgan fingerprint density at radius 3 is 2.22 bits per heavy atom. The molecule has 8 heteroatoms. The van der Waals surface area contributed by atoms with Crippen molar-refractivity contribution < 1.29 is 32.6 Å². The van der Waals surface area contributed by atoms with Crippen LogP contribution in [0.1, 0.15) is 22.3 Å². The number of carboxylic acids is 1. The molecule has 23 heavy (non-hydrogen) atoms. The molecule has 0 amide bonds. The molecule has 0 unspecified atom stereocenters. The lowest BCUT2D eigenvalue weighted by Gasteiger charge is -2.08. The van der Waals surface area contributed by atoms with Crippen LogP contribution in [-0.4, -0.2) is 21.8 Å². The van der Waals surface area contributed by atoms with Crippen molar-refractivity contribution in [3.05, 3.63) is 53.7 Å². The highest BCUT2D eigenvalue weighted by Crippen LogP contribution is 2.30. The number of ketones is 1. The summed E-state index contributed by atoms with van der Waals surface area (Å²) in [7, 11) is 0. The van der Waals surface area contributed by atoms with Crippen LogP contribution in [-0.2, 0) is 11.0 Å². The Bertz CT molecular complexity index is 709. The van der Waals surface area contributed by atoms with Crippen molar-refractivity contribution in [2.24, 2.45) is 0 Å². The first-order valence-electron chi connectivity index (χ1n) is 6.32. The van der Waals surface area contributed by atoms with Crippen LogP contribution >= 0.6 is 0 Å². The van der Waals surface area contributed by atoms with E-state index in [2.05, 4.69) is 4.98 Å². The number of carbonyl (C=O) groups is 2. The number of aromatic nitrogens is 1. The van der Waals surface area contributed by atoms with E-state index in [1.165, 1.54) is 24.3 Å². The van der Waals surface area contributed by atoms with Gasteiger partial charge in [-0.15, -0.1) is 0 Å². The maximum atomic E-state index is 12.4. The Labute approximate surface area is 128 Å². The zero-order valence-electron chi connectivity index (χ0n) is 11.5. The minimum absolute atomic E-state index is 0.0392. The predicted molar refractivity (Wildman–Crippen MR) is 72.3 cm³/mol. The monoisotopic (exact) mass is 325 g/mol. The topological polar surface area (TPSA) is 76.5 Å². The van der Waals surface area contributed by atoms with E-state index in [4.69, 9.17) is 9.84 Å². The zero-order valence-corrected chi connectivity index (χ0v) is 11.5. The van der Waals surface area contributed by atoms with Crippen molar-refractivity contribution in [3.63, 3.8) is 0 Å². The highest BCUT2D eigenvalue weighted by molar-refractivity contribution is 6.05. The molecule has 1 aromatic heterocycles. The molecule has 0 spiro atoms. The number of alkyl halides is 3. The highest BCUT2D eigenvalue weighted by atomic mass is 19.4. The van der Waals surface area contributed by atoms with Gasteiger partial charge in [0.15, 0.2) is 5.78 Å². The molecular weight excluding hydrogens is 315 g/mol. The van der Waals surface area contributed by atoms with Crippen molar-refractivity contribution in [1.29, 1.82) is 0 Å². The maximum absolute atomic E-state index is 12.4. The molecule has 0 aliphatic heterocycles. The van der Waals surface area contributed by atoms with Gasteiger partial charge in [-0.25, -0.2) is 4.98 Å². The van der Waals surface area contributed by atoms with Crippen LogP contribution in [0.15, 0.2) is 42.6 Å². The van der Waals surface area contributed by atoms with Crippen molar-refractivity contribution in [2.75, 3.05) is 0 Å². The van der Waals surface area contributed by atoms with Crippen molar-refractivity contribution in [2.45, 2.75) is 12.6 Å². The number of rotatable bonds is 5. The quantitative estimate of drug-likeness (QED) is 0.672. The number of aliphatic carboxylic acids is 1. The molecule has 120 valence electrons. The number of hydrogen-bond donors (Lipinski definition) is 1. The third-order valence-corrected chi connectivity index (χ3v) is 2.77. The van der Waals surface area contributed by atoms with Gasteiger partial charge >= 0.3 is 12.1 Å². The highest BCUT2D eigenvalue weighted by Gasteiger charge is 2.30. The number of Topliss-reactive ketones (excluding diaryl/α,β-unsaturated/α-hetero) is 1. The average molecular weight is 325 g/mol. The lowest BCUT2D eigenvalue weighted by atomic mass is 10.1. The number of carbonyl (C=O) groups excluding carboxylic acids is 1. The van der Waals surface area contributed by atoms with Crippen molar-refractivity contribution in [3.8, 4) is 11.6 Å². The lowest BCUT2D eigenvalue weighted by Crippen LogP contribution is -2.06. The first-order valence-corrected chi connectivity index (χ1v) is 6.32. The van der Waals surface area contributed by atoms with Gasteiger partial charge in [0.1, 0.15) is 12.2 Å². The number of halogens is 3. The van der Waals surface area contributed by atoms with Gasteiger partial charge in [-0.05, 0) is 30.3 Å².